The van der Waals surface area contributed by atoms with Crippen LogP contribution in [0, 0.1) is 0 Å². The minimum Gasteiger partial charge on any atom is -0.296 e. The van der Waals surface area contributed by atoms with E-state index in [1.165, 1.54) is 23.7 Å². The van der Waals surface area contributed by atoms with Crippen LogP contribution in [0.25, 0.3) is 11.4 Å². The first-order valence-corrected chi connectivity index (χ1v) is 7.14. The number of rotatable bonds is 3. The van der Waals surface area contributed by atoms with E-state index >= 15 is 0 Å². The fourth-order valence-corrected chi connectivity index (χ4v) is 2.35. The number of pyridine rings is 1. The van der Waals surface area contributed by atoms with Crippen LogP contribution in [0.2, 0.25) is 5.15 Å². The summed E-state index contributed by atoms with van der Waals surface area (Å²) in [6, 6.07) is 5.56. The lowest BCUT2D eigenvalue weighted by Crippen LogP contribution is -2.13. The van der Waals surface area contributed by atoms with Crippen LogP contribution in [0.1, 0.15) is 10.5 Å². The summed E-state index contributed by atoms with van der Waals surface area (Å²) in [4.78, 5) is 28.2. The third-order valence-corrected chi connectivity index (χ3v) is 3.46. The van der Waals surface area contributed by atoms with Crippen LogP contribution in [0.4, 0.5) is 5.13 Å². The summed E-state index contributed by atoms with van der Waals surface area (Å²) >= 11 is 6.94. The van der Waals surface area contributed by atoms with Crippen LogP contribution in [-0.2, 0) is 0 Å². The SMILES string of the molecule is O=C(Nc1nc(-c2ccccn2)cs1)c1cnc(Cl)cn1. The number of halogens is 1. The van der Waals surface area contributed by atoms with E-state index in [1.54, 1.807) is 6.20 Å². The fraction of sp³-hybridized carbons (Fsp3) is 0. The minimum atomic E-state index is -0.388. The summed E-state index contributed by atoms with van der Waals surface area (Å²) in [5.74, 6) is -0.388. The third kappa shape index (κ3) is 3.21. The molecule has 0 atom stereocenters. The number of hydrogen-bond donors (Lipinski definition) is 1. The molecule has 0 saturated carbocycles. The van der Waals surface area contributed by atoms with Crippen molar-refractivity contribution in [3.05, 3.63) is 53.0 Å². The Hall–Kier alpha value is -2.38. The van der Waals surface area contributed by atoms with Crippen molar-refractivity contribution in [3.63, 3.8) is 0 Å². The second-order valence-electron chi connectivity index (χ2n) is 3.93. The number of thiazole rings is 1. The number of anilines is 1. The van der Waals surface area contributed by atoms with E-state index in [4.69, 9.17) is 11.6 Å². The van der Waals surface area contributed by atoms with Gasteiger partial charge in [-0.3, -0.25) is 15.1 Å². The van der Waals surface area contributed by atoms with Gasteiger partial charge in [-0.1, -0.05) is 17.7 Å². The van der Waals surface area contributed by atoms with Gasteiger partial charge >= 0.3 is 0 Å². The molecule has 1 N–H and O–H groups in total. The van der Waals surface area contributed by atoms with Crippen LogP contribution in [-0.4, -0.2) is 25.8 Å². The zero-order chi connectivity index (χ0) is 14.7. The molecule has 6 nitrogen and oxygen atoms in total. The number of carbonyl (C=O) groups excluding carboxylic acids is 1. The van der Waals surface area contributed by atoms with Crippen LogP contribution in [0.15, 0.2) is 42.2 Å². The summed E-state index contributed by atoms with van der Waals surface area (Å²) in [5, 5.41) is 5.19. The summed E-state index contributed by atoms with van der Waals surface area (Å²) in [5.41, 5.74) is 1.63. The van der Waals surface area contributed by atoms with Crippen molar-refractivity contribution in [2.45, 2.75) is 0 Å². The Kier molecular flexibility index (Phi) is 3.85. The number of carbonyl (C=O) groups is 1. The third-order valence-electron chi connectivity index (χ3n) is 2.50. The molecule has 0 aromatic carbocycles. The van der Waals surface area contributed by atoms with E-state index in [9.17, 15) is 4.79 Å². The number of hydrogen-bond acceptors (Lipinski definition) is 6. The quantitative estimate of drug-likeness (QED) is 0.803. The molecule has 0 aliphatic carbocycles. The van der Waals surface area contributed by atoms with Crippen LogP contribution >= 0.6 is 22.9 Å². The number of amides is 1. The van der Waals surface area contributed by atoms with E-state index in [-0.39, 0.29) is 16.8 Å². The normalized spacial score (nSPS) is 10.3. The Labute approximate surface area is 128 Å². The van der Waals surface area contributed by atoms with Gasteiger partial charge in [-0.2, -0.15) is 0 Å². The molecule has 0 fully saturated rings. The van der Waals surface area contributed by atoms with E-state index in [2.05, 4.69) is 25.3 Å². The maximum atomic E-state index is 12.0. The number of nitrogens with one attached hydrogen (secondary N) is 1. The molecule has 0 unspecified atom stereocenters. The molecular formula is C13H8ClN5OS. The van der Waals surface area contributed by atoms with E-state index < -0.39 is 0 Å². The Morgan fingerprint density at radius 2 is 2.05 bits per heavy atom. The predicted molar refractivity (Wildman–Crippen MR) is 80.3 cm³/mol. The highest BCUT2D eigenvalue weighted by atomic mass is 35.5. The molecule has 3 heterocycles. The Balaban J connectivity index is 1.75. The van der Waals surface area contributed by atoms with Crippen molar-refractivity contribution in [3.8, 4) is 11.4 Å². The predicted octanol–water partition coefficient (Wildman–Crippen LogP) is 2.90. The van der Waals surface area contributed by atoms with Crippen LogP contribution in [0.5, 0.6) is 0 Å². The summed E-state index contributed by atoms with van der Waals surface area (Å²) in [6.07, 6.45) is 4.32. The molecule has 3 aromatic heterocycles. The molecular weight excluding hydrogens is 310 g/mol. The monoisotopic (exact) mass is 317 g/mol. The Morgan fingerprint density at radius 1 is 1.14 bits per heavy atom. The molecule has 0 spiro atoms. The minimum absolute atomic E-state index is 0.175. The Bertz CT molecular complexity index is 760. The fourth-order valence-electron chi connectivity index (χ4n) is 1.55. The largest absolute Gasteiger partial charge is 0.296 e. The van der Waals surface area contributed by atoms with Gasteiger partial charge in [0.15, 0.2) is 5.13 Å². The molecule has 3 rings (SSSR count). The smallest absolute Gasteiger partial charge is 0.277 e. The number of aromatic nitrogens is 4. The average molecular weight is 318 g/mol. The van der Waals surface area contributed by atoms with Gasteiger partial charge in [0.05, 0.1) is 18.1 Å². The van der Waals surface area contributed by atoms with Gasteiger partial charge in [0.1, 0.15) is 16.5 Å². The van der Waals surface area contributed by atoms with E-state index in [1.807, 2.05) is 23.6 Å². The van der Waals surface area contributed by atoms with Gasteiger partial charge in [-0.15, -0.1) is 11.3 Å². The molecule has 0 aliphatic rings. The van der Waals surface area contributed by atoms with Gasteiger partial charge in [0, 0.05) is 11.6 Å². The van der Waals surface area contributed by atoms with E-state index in [0.29, 0.717) is 10.8 Å². The molecule has 0 saturated heterocycles. The highest BCUT2D eigenvalue weighted by molar-refractivity contribution is 7.14. The maximum Gasteiger partial charge on any atom is 0.277 e. The number of nitrogens with zero attached hydrogens (tertiary/aromatic N) is 4. The van der Waals surface area contributed by atoms with Gasteiger partial charge in [0.2, 0.25) is 0 Å². The highest BCUT2D eigenvalue weighted by Gasteiger charge is 2.11. The van der Waals surface area contributed by atoms with Crippen molar-refractivity contribution in [2.75, 3.05) is 5.32 Å². The molecule has 0 aliphatic heterocycles. The van der Waals surface area contributed by atoms with Crippen molar-refractivity contribution in [2.24, 2.45) is 0 Å². The second kappa shape index (κ2) is 5.94. The second-order valence-corrected chi connectivity index (χ2v) is 5.18. The molecule has 104 valence electrons. The van der Waals surface area contributed by atoms with E-state index in [0.717, 1.165) is 5.69 Å². The van der Waals surface area contributed by atoms with Gasteiger partial charge in [0.25, 0.3) is 5.91 Å². The van der Waals surface area contributed by atoms with Crippen molar-refractivity contribution in [1.29, 1.82) is 0 Å². The lowest BCUT2D eigenvalue weighted by atomic mass is 10.3. The van der Waals surface area contributed by atoms with Crippen LogP contribution in [0.3, 0.4) is 0 Å². The first-order chi connectivity index (χ1) is 10.2. The standard InChI is InChI=1S/C13H8ClN5OS/c14-11-6-16-9(5-17-11)12(20)19-13-18-10(7-21-13)8-3-1-2-4-15-8/h1-7H,(H,18,19,20). The molecule has 3 aromatic rings. The maximum absolute atomic E-state index is 12.0. The molecule has 21 heavy (non-hydrogen) atoms. The zero-order valence-electron chi connectivity index (χ0n) is 10.5. The summed E-state index contributed by atoms with van der Waals surface area (Å²) < 4.78 is 0. The first-order valence-electron chi connectivity index (χ1n) is 5.88. The van der Waals surface area contributed by atoms with Crippen molar-refractivity contribution < 1.29 is 4.79 Å². The first kappa shape index (κ1) is 13.6. The highest BCUT2D eigenvalue weighted by Crippen LogP contribution is 2.23. The van der Waals surface area contributed by atoms with Gasteiger partial charge in [-0.05, 0) is 12.1 Å². The van der Waals surface area contributed by atoms with Gasteiger partial charge < -0.3 is 0 Å². The lowest BCUT2D eigenvalue weighted by molar-refractivity contribution is 0.102. The van der Waals surface area contributed by atoms with Gasteiger partial charge in [-0.25, -0.2) is 15.0 Å². The molecule has 0 radical (unpaired) electrons. The molecule has 8 heteroatoms. The Morgan fingerprint density at radius 3 is 2.76 bits per heavy atom. The lowest BCUT2D eigenvalue weighted by Gasteiger charge is -2.00. The zero-order valence-corrected chi connectivity index (χ0v) is 12.1. The molecule has 0 bridgehead atoms. The summed E-state index contributed by atoms with van der Waals surface area (Å²) in [7, 11) is 0. The molecule has 1 amide bonds. The average Bonchev–Trinajstić information content (AvgIpc) is 2.97. The topological polar surface area (TPSA) is 80.7 Å². The van der Waals surface area contributed by atoms with Crippen molar-refractivity contribution in [1.82, 2.24) is 19.9 Å². The van der Waals surface area contributed by atoms with Crippen LogP contribution < -0.4 is 5.32 Å². The van der Waals surface area contributed by atoms with Crippen molar-refractivity contribution >= 4 is 34.0 Å². The summed E-state index contributed by atoms with van der Waals surface area (Å²) in [6.45, 7) is 0.